The second-order valence-corrected chi connectivity index (χ2v) is 5.58. The van der Waals surface area contributed by atoms with Crippen molar-refractivity contribution in [3.63, 3.8) is 0 Å². The summed E-state index contributed by atoms with van der Waals surface area (Å²) < 4.78 is 39.7. The topological polar surface area (TPSA) is 72.2 Å². The molecule has 0 aliphatic heterocycles. The first kappa shape index (κ1) is 14.5. The van der Waals surface area contributed by atoms with Crippen LogP contribution in [0.5, 0.6) is 0 Å². The van der Waals surface area contributed by atoms with Gasteiger partial charge in [-0.25, -0.2) is 12.8 Å². The Morgan fingerprint density at radius 3 is 2.61 bits per heavy atom. The van der Waals surface area contributed by atoms with E-state index >= 15 is 0 Å². The number of benzene rings is 1. The van der Waals surface area contributed by atoms with Gasteiger partial charge in [0.25, 0.3) is 0 Å². The van der Waals surface area contributed by atoms with Crippen LogP contribution >= 0.6 is 0 Å². The van der Waals surface area contributed by atoms with E-state index in [1.165, 1.54) is 13.0 Å². The fraction of sp³-hybridized carbons (Fsp3) is 0.333. The molecule has 1 aromatic carbocycles. The Labute approximate surface area is 106 Å². The second-order valence-electron chi connectivity index (χ2n) is 3.87. The summed E-state index contributed by atoms with van der Waals surface area (Å²) in [5, 5.41) is 0. The molecule has 0 amide bonds. The van der Waals surface area contributed by atoms with Crippen LogP contribution in [-0.4, -0.2) is 14.5 Å². The molecule has 0 aliphatic carbocycles. The van der Waals surface area contributed by atoms with Gasteiger partial charge in [-0.1, -0.05) is 12.8 Å². The first-order valence-electron chi connectivity index (χ1n) is 5.36. The van der Waals surface area contributed by atoms with Gasteiger partial charge in [0.2, 0.25) is 10.0 Å². The van der Waals surface area contributed by atoms with Crippen LogP contribution in [0.15, 0.2) is 17.0 Å². The van der Waals surface area contributed by atoms with Crippen molar-refractivity contribution < 1.29 is 12.8 Å². The van der Waals surface area contributed by atoms with Crippen molar-refractivity contribution in [2.75, 3.05) is 5.73 Å². The maximum absolute atomic E-state index is 13.5. The molecule has 98 valence electrons. The van der Waals surface area contributed by atoms with Crippen molar-refractivity contribution in [2.24, 2.45) is 0 Å². The zero-order chi connectivity index (χ0) is 13.9. The second kappa shape index (κ2) is 5.38. The SMILES string of the molecule is C#CC(CC)NS(=O)(=O)c1cc(N)c(C)c(F)c1. The van der Waals surface area contributed by atoms with Gasteiger partial charge in [-0.15, -0.1) is 6.42 Å². The normalized spacial score (nSPS) is 13.0. The highest BCUT2D eigenvalue weighted by Gasteiger charge is 2.20. The fourth-order valence-electron chi connectivity index (χ4n) is 1.32. The van der Waals surface area contributed by atoms with Gasteiger partial charge in [-0.05, 0) is 25.5 Å². The van der Waals surface area contributed by atoms with Gasteiger partial charge in [0.1, 0.15) is 5.82 Å². The number of rotatable bonds is 4. The van der Waals surface area contributed by atoms with Gasteiger partial charge in [0, 0.05) is 11.3 Å². The number of nitrogen functional groups attached to an aromatic ring is 1. The number of nitrogens with one attached hydrogen (secondary N) is 1. The lowest BCUT2D eigenvalue weighted by Crippen LogP contribution is -2.33. The number of nitrogens with two attached hydrogens (primary N) is 1. The molecule has 6 heteroatoms. The van der Waals surface area contributed by atoms with E-state index in [0.29, 0.717) is 6.42 Å². The number of hydrogen-bond donors (Lipinski definition) is 2. The molecule has 4 nitrogen and oxygen atoms in total. The summed E-state index contributed by atoms with van der Waals surface area (Å²) >= 11 is 0. The van der Waals surface area contributed by atoms with Crippen LogP contribution in [0.25, 0.3) is 0 Å². The molecule has 0 fully saturated rings. The van der Waals surface area contributed by atoms with Crippen molar-refractivity contribution in [1.29, 1.82) is 0 Å². The standard InChI is InChI=1S/C12H15FN2O2S/c1-4-9(5-2)15-18(16,17)10-6-11(13)8(3)12(14)7-10/h1,6-7,9,15H,5,14H2,2-3H3. The summed E-state index contributed by atoms with van der Waals surface area (Å²) in [7, 11) is -3.86. The average molecular weight is 270 g/mol. The Morgan fingerprint density at radius 1 is 1.56 bits per heavy atom. The molecule has 0 aliphatic rings. The van der Waals surface area contributed by atoms with Crippen molar-refractivity contribution >= 4 is 15.7 Å². The van der Waals surface area contributed by atoms with E-state index in [0.717, 1.165) is 6.07 Å². The van der Waals surface area contributed by atoms with Crippen LogP contribution in [-0.2, 0) is 10.0 Å². The first-order chi connectivity index (χ1) is 8.31. The van der Waals surface area contributed by atoms with Gasteiger partial charge in [-0.3, -0.25) is 0 Å². The molecular weight excluding hydrogens is 255 g/mol. The van der Waals surface area contributed by atoms with Crippen LogP contribution in [0.4, 0.5) is 10.1 Å². The molecule has 1 unspecified atom stereocenters. The van der Waals surface area contributed by atoms with E-state index in [4.69, 9.17) is 12.2 Å². The number of hydrogen-bond acceptors (Lipinski definition) is 3. The Morgan fingerprint density at radius 2 is 2.17 bits per heavy atom. The molecule has 0 spiro atoms. The minimum atomic E-state index is -3.86. The lowest BCUT2D eigenvalue weighted by molar-refractivity contribution is 0.567. The van der Waals surface area contributed by atoms with Crippen LogP contribution in [0.1, 0.15) is 18.9 Å². The summed E-state index contributed by atoms with van der Waals surface area (Å²) in [4.78, 5) is -0.225. The Bertz CT molecular complexity index is 568. The summed E-state index contributed by atoms with van der Waals surface area (Å²) in [6, 6.07) is 1.52. The highest BCUT2D eigenvalue weighted by Crippen LogP contribution is 2.21. The van der Waals surface area contributed by atoms with Gasteiger partial charge >= 0.3 is 0 Å². The summed E-state index contributed by atoms with van der Waals surface area (Å²) in [6.07, 6.45) is 5.62. The van der Waals surface area contributed by atoms with E-state index < -0.39 is 21.9 Å². The molecule has 1 aromatic rings. The highest BCUT2D eigenvalue weighted by molar-refractivity contribution is 7.89. The summed E-state index contributed by atoms with van der Waals surface area (Å²) in [5.41, 5.74) is 5.85. The van der Waals surface area contributed by atoms with Crippen molar-refractivity contribution in [3.05, 3.63) is 23.5 Å². The zero-order valence-corrected chi connectivity index (χ0v) is 11.0. The molecule has 0 saturated carbocycles. The molecule has 1 rings (SSSR count). The Balaban J connectivity index is 3.18. The van der Waals surface area contributed by atoms with Crippen molar-refractivity contribution in [2.45, 2.75) is 31.2 Å². The predicted octanol–water partition coefficient (Wildman–Crippen LogP) is 1.41. The monoisotopic (exact) mass is 270 g/mol. The molecule has 0 aromatic heterocycles. The highest BCUT2D eigenvalue weighted by atomic mass is 32.2. The van der Waals surface area contributed by atoms with Crippen molar-refractivity contribution in [1.82, 2.24) is 4.72 Å². The van der Waals surface area contributed by atoms with E-state index in [1.807, 2.05) is 0 Å². The van der Waals surface area contributed by atoms with E-state index in [9.17, 15) is 12.8 Å². The van der Waals surface area contributed by atoms with Crippen molar-refractivity contribution in [3.8, 4) is 12.3 Å². The molecule has 0 saturated heterocycles. The lowest BCUT2D eigenvalue weighted by atomic mass is 10.2. The third-order valence-corrected chi connectivity index (χ3v) is 4.03. The number of anilines is 1. The maximum atomic E-state index is 13.5. The molecule has 0 heterocycles. The van der Waals surface area contributed by atoms with E-state index in [1.54, 1.807) is 6.92 Å². The predicted molar refractivity (Wildman–Crippen MR) is 68.8 cm³/mol. The number of sulfonamides is 1. The fourth-order valence-corrected chi connectivity index (χ4v) is 2.61. The minimum absolute atomic E-state index is 0.0872. The Kier molecular flexibility index (Phi) is 4.33. The van der Waals surface area contributed by atoms with Gasteiger partial charge in [0.05, 0.1) is 10.9 Å². The maximum Gasteiger partial charge on any atom is 0.241 e. The summed E-state index contributed by atoms with van der Waals surface area (Å²) in [5.74, 6) is 1.64. The average Bonchev–Trinajstić information content (AvgIpc) is 2.32. The third-order valence-electron chi connectivity index (χ3n) is 2.58. The van der Waals surface area contributed by atoms with E-state index in [-0.39, 0.29) is 16.1 Å². The largest absolute Gasteiger partial charge is 0.398 e. The third kappa shape index (κ3) is 3.00. The number of halogens is 1. The quantitative estimate of drug-likeness (QED) is 0.642. The van der Waals surface area contributed by atoms with Crippen LogP contribution < -0.4 is 10.5 Å². The molecule has 3 N–H and O–H groups in total. The first-order valence-corrected chi connectivity index (χ1v) is 6.84. The molecule has 0 bridgehead atoms. The van der Waals surface area contributed by atoms with Gasteiger partial charge in [0.15, 0.2) is 0 Å². The molecule has 0 radical (unpaired) electrons. The van der Waals surface area contributed by atoms with Gasteiger partial charge < -0.3 is 5.73 Å². The number of terminal acetylenes is 1. The molecular formula is C12H15FN2O2S. The van der Waals surface area contributed by atoms with Crippen LogP contribution in [0.2, 0.25) is 0 Å². The lowest BCUT2D eigenvalue weighted by Gasteiger charge is -2.12. The smallest absolute Gasteiger partial charge is 0.241 e. The van der Waals surface area contributed by atoms with E-state index in [2.05, 4.69) is 10.6 Å². The minimum Gasteiger partial charge on any atom is -0.398 e. The Hall–Kier alpha value is -1.58. The van der Waals surface area contributed by atoms with Crippen LogP contribution in [0.3, 0.4) is 0 Å². The molecule has 1 atom stereocenters. The molecule has 18 heavy (non-hydrogen) atoms. The summed E-state index contributed by atoms with van der Waals surface area (Å²) in [6.45, 7) is 3.22. The zero-order valence-electron chi connectivity index (χ0n) is 10.2. The van der Waals surface area contributed by atoms with Gasteiger partial charge in [-0.2, -0.15) is 4.72 Å². The van der Waals surface area contributed by atoms with Crippen LogP contribution in [0, 0.1) is 25.1 Å².